The number of carbonyl (C=O) groups is 2. The Labute approximate surface area is 98.2 Å². The maximum Gasteiger partial charge on any atom is 0.490 e. The molecule has 0 aromatic rings. The van der Waals surface area contributed by atoms with Gasteiger partial charge >= 0.3 is 18.1 Å². The lowest BCUT2D eigenvalue weighted by atomic mass is 10.3. The first-order valence-corrected chi connectivity index (χ1v) is 5.42. The lowest BCUT2D eigenvalue weighted by molar-refractivity contribution is -0.204. The summed E-state index contributed by atoms with van der Waals surface area (Å²) in [6.07, 6.45) is -6.66. The summed E-state index contributed by atoms with van der Waals surface area (Å²) in [5.74, 6) is -3.04. The molecule has 8 heteroatoms. The molecular weight excluding hydrogens is 297 g/mol. The quantitative estimate of drug-likeness (QED) is 0.574. The monoisotopic (exact) mass is 306 g/mol. The molecule has 0 spiro atoms. The van der Waals surface area contributed by atoms with Gasteiger partial charge in [0.15, 0.2) is 0 Å². The summed E-state index contributed by atoms with van der Waals surface area (Å²) in [6.45, 7) is 1.67. The molecule has 0 bridgehead atoms. The molecule has 16 heavy (non-hydrogen) atoms. The van der Waals surface area contributed by atoms with E-state index in [2.05, 4.69) is 25.4 Å². The van der Waals surface area contributed by atoms with Gasteiger partial charge in [-0.05, 0) is 6.92 Å². The van der Waals surface area contributed by atoms with Gasteiger partial charge in [0.1, 0.15) is 6.10 Å². The third-order valence-corrected chi connectivity index (χ3v) is 2.10. The molecule has 0 aliphatic rings. The van der Waals surface area contributed by atoms with Crippen molar-refractivity contribution in [3.05, 3.63) is 0 Å². The van der Waals surface area contributed by atoms with Crippen LogP contribution in [0.4, 0.5) is 13.2 Å². The van der Waals surface area contributed by atoms with Crippen LogP contribution in [0.25, 0.3) is 0 Å². The maximum absolute atomic E-state index is 11.8. The van der Waals surface area contributed by atoms with E-state index in [-0.39, 0.29) is 11.9 Å². The number of rotatable bonds is 5. The fraction of sp³-hybridized carbons (Fsp3) is 0.750. The van der Waals surface area contributed by atoms with E-state index in [4.69, 9.17) is 0 Å². The topological polar surface area (TPSA) is 52.6 Å². The molecule has 0 aromatic heterocycles. The number of alkyl halides is 4. The van der Waals surface area contributed by atoms with Crippen molar-refractivity contribution < 1.29 is 32.2 Å². The molecule has 1 atom stereocenters. The number of hydrogen-bond donors (Lipinski definition) is 0. The second-order valence-corrected chi connectivity index (χ2v) is 3.34. The summed E-state index contributed by atoms with van der Waals surface area (Å²) >= 11 is 2.84. The average molecular weight is 307 g/mol. The second-order valence-electron chi connectivity index (χ2n) is 2.69. The molecule has 0 N–H and O–H groups in total. The molecule has 0 saturated carbocycles. The highest BCUT2D eigenvalue weighted by Gasteiger charge is 2.42. The van der Waals surface area contributed by atoms with Crippen molar-refractivity contribution >= 4 is 27.9 Å². The van der Waals surface area contributed by atoms with E-state index >= 15 is 0 Å². The van der Waals surface area contributed by atoms with E-state index < -0.39 is 30.6 Å². The first kappa shape index (κ1) is 15.2. The molecule has 1 unspecified atom stereocenters. The van der Waals surface area contributed by atoms with E-state index in [1.165, 1.54) is 0 Å². The number of esters is 2. The maximum atomic E-state index is 11.8. The van der Waals surface area contributed by atoms with Gasteiger partial charge in [0.25, 0.3) is 0 Å². The Bertz CT molecular complexity index is 254. The summed E-state index contributed by atoms with van der Waals surface area (Å²) < 4.78 is 44.1. The van der Waals surface area contributed by atoms with E-state index in [9.17, 15) is 22.8 Å². The zero-order valence-corrected chi connectivity index (χ0v) is 9.93. The van der Waals surface area contributed by atoms with Crippen molar-refractivity contribution in [1.29, 1.82) is 0 Å². The van der Waals surface area contributed by atoms with Crippen molar-refractivity contribution in [2.24, 2.45) is 0 Å². The Morgan fingerprint density at radius 2 is 1.94 bits per heavy atom. The first-order valence-electron chi connectivity index (χ1n) is 4.30. The molecule has 0 rings (SSSR count). The Morgan fingerprint density at radius 3 is 2.31 bits per heavy atom. The van der Waals surface area contributed by atoms with Crippen LogP contribution >= 0.6 is 15.9 Å². The number of halogens is 4. The third kappa shape index (κ3) is 5.94. The van der Waals surface area contributed by atoms with Crippen molar-refractivity contribution in [3.63, 3.8) is 0 Å². The largest absolute Gasteiger partial charge is 0.490 e. The van der Waals surface area contributed by atoms with E-state index in [0.29, 0.717) is 0 Å². The summed E-state index contributed by atoms with van der Waals surface area (Å²) in [5, 5.41) is -0.0758. The van der Waals surface area contributed by atoms with Crippen molar-refractivity contribution in [1.82, 2.24) is 0 Å². The molecule has 0 amide bonds. The zero-order chi connectivity index (χ0) is 12.8. The van der Waals surface area contributed by atoms with Crippen molar-refractivity contribution in [2.75, 3.05) is 11.9 Å². The highest BCUT2D eigenvalue weighted by atomic mass is 79.9. The number of hydrogen-bond acceptors (Lipinski definition) is 4. The van der Waals surface area contributed by atoms with Gasteiger partial charge in [-0.2, -0.15) is 13.2 Å². The van der Waals surface area contributed by atoms with Crippen LogP contribution in [-0.2, 0) is 19.1 Å². The van der Waals surface area contributed by atoms with Crippen LogP contribution in [0.1, 0.15) is 13.3 Å². The molecule has 0 radical (unpaired) electrons. The standard InChI is InChI=1S/C8H10BrF3O4/c1-2-15-6(13)3-5(4-9)16-7(14)8(10,11)12/h5H,2-4H2,1H3. The van der Waals surface area contributed by atoms with Crippen LogP contribution in [0, 0.1) is 0 Å². The number of ether oxygens (including phenoxy) is 2. The van der Waals surface area contributed by atoms with Gasteiger partial charge in [0.05, 0.1) is 13.0 Å². The van der Waals surface area contributed by atoms with Gasteiger partial charge in [-0.25, -0.2) is 4.79 Å². The fourth-order valence-corrected chi connectivity index (χ4v) is 1.11. The SMILES string of the molecule is CCOC(=O)CC(CBr)OC(=O)C(F)(F)F. The molecule has 0 fully saturated rings. The highest BCUT2D eigenvalue weighted by Crippen LogP contribution is 2.19. The average Bonchev–Trinajstić information content (AvgIpc) is 2.15. The minimum atomic E-state index is -5.06. The van der Waals surface area contributed by atoms with Crippen LogP contribution in [0.2, 0.25) is 0 Å². The van der Waals surface area contributed by atoms with Crippen LogP contribution in [0.3, 0.4) is 0 Å². The fourth-order valence-electron chi connectivity index (χ4n) is 0.752. The number of carbonyl (C=O) groups excluding carboxylic acids is 2. The molecule has 0 saturated heterocycles. The van der Waals surface area contributed by atoms with Gasteiger partial charge in [-0.15, -0.1) is 0 Å². The first-order chi connectivity index (χ1) is 7.31. The van der Waals surface area contributed by atoms with Gasteiger partial charge in [-0.3, -0.25) is 4.79 Å². The lowest BCUT2D eigenvalue weighted by Gasteiger charge is -2.15. The normalized spacial score (nSPS) is 13.1. The summed E-state index contributed by atoms with van der Waals surface area (Å²) in [5.41, 5.74) is 0. The second kappa shape index (κ2) is 6.72. The van der Waals surface area contributed by atoms with Crippen LogP contribution < -0.4 is 0 Å². The van der Waals surface area contributed by atoms with Crippen LogP contribution in [0.15, 0.2) is 0 Å². The van der Waals surface area contributed by atoms with Crippen LogP contribution in [0.5, 0.6) is 0 Å². The van der Waals surface area contributed by atoms with E-state index in [1.807, 2.05) is 0 Å². The van der Waals surface area contributed by atoms with Crippen molar-refractivity contribution in [2.45, 2.75) is 25.6 Å². The molecule has 0 aliphatic heterocycles. The van der Waals surface area contributed by atoms with Gasteiger partial charge in [0.2, 0.25) is 0 Å². The summed E-state index contributed by atoms with van der Waals surface area (Å²) in [7, 11) is 0. The molecule has 0 aliphatic carbocycles. The van der Waals surface area contributed by atoms with Gasteiger partial charge in [0, 0.05) is 5.33 Å². The summed E-state index contributed by atoms with van der Waals surface area (Å²) in [4.78, 5) is 21.4. The van der Waals surface area contributed by atoms with E-state index in [0.717, 1.165) is 0 Å². The van der Waals surface area contributed by atoms with Crippen LogP contribution in [-0.4, -0.2) is 36.2 Å². The molecular formula is C8H10BrF3O4. The minimum absolute atomic E-state index is 0.0758. The minimum Gasteiger partial charge on any atom is -0.466 e. The molecule has 94 valence electrons. The molecule has 0 heterocycles. The third-order valence-electron chi connectivity index (χ3n) is 1.38. The van der Waals surface area contributed by atoms with Gasteiger partial charge < -0.3 is 9.47 Å². The highest BCUT2D eigenvalue weighted by molar-refractivity contribution is 9.09. The Morgan fingerprint density at radius 1 is 1.38 bits per heavy atom. The van der Waals surface area contributed by atoms with Crippen molar-refractivity contribution in [3.8, 4) is 0 Å². The summed E-state index contributed by atoms with van der Waals surface area (Å²) in [6, 6.07) is 0. The molecule has 4 nitrogen and oxygen atoms in total. The predicted molar refractivity (Wildman–Crippen MR) is 51.0 cm³/mol. The Hall–Kier alpha value is -0.790. The van der Waals surface area contributed by atoms with E-state index in [1.54, 1.807) is 6.92 Å². The molecule has 0 aromatic carbocycles. The smallest absolute Gasteiger partial charge is 0.466 e. The van der Waals surface area contributed by atoms with Gasteiger partial charge in [-0.1, -0.05) is 15.9 Å². The lowest BCUT2D eigenvalue weighted by Crippen LogP contribution is -2.32. The zero-order valence-electron chi connectivity index (χ0n) is 8.34. The Kier molecular flexibility index (Phi) is 6.39. The Balaban J connectivity index is 4.21. The predicted octanol–water partition coefficient (Wildman–Crippen LogP) is 1.81.